The number of alkyl halides is 13. The molecule has 12 aromatic rings. The molecule has 4 aliphatic rings. The summed E-state index contributed by atoms with van der Waals surface area (Å²) in [5, 5.41) is 0. The lowest BCUT2D eigenvalue weighted by molar-refractivity contribution is -0.301. The Hall–Kier alpha value is -10.3. The van der Waals surface area contributed by atoms with Gasteiger partial charge in [0, 0.05) is 55.0 Å². The summed E-state index contributed by atoms with van der Waals surface area (Å²) < 4.78 is 221. The first-order valence-electron chi connectivity index (χ1n) is 42.7. The van der Waals surface area contributed by atoms with Crippen LogP contribution < -0.4 is 18.4 Å². The van der Waals surface area contributed by atoms with Gasteiger partial charge in [0.05, 0.1) is 69.1 Å². The fraction of sp³-hybridized carbons (Fsp3) is 0.298. The molecule has 0 heterocycles. The van der Waals surface area contributed by atoms with E-state index >= 15 is 0 Å². The minimum Gasteiger partial charge on any atom is -0.493 e. The van der Waals surface area contributed by atoms with Crippen molar-refractivity contribution in [1.82, 2.24) is 0 Å². The van der Waals surface area contributed by atoms with Gasteiger partial charge < -0.3 is 27.9 Å². The first kappa shape index (κ1) is 99.7. The molecule has 16 rings (SSSR count). The van der Waals surface area contributed by atoms with Gasteiger partial charge in [-0.25, -0.2) is 13.6 Å². The number of carbonyl (C=O) groups is 1. The Balaban J connectivity index is 0.000000158. The van der Waals surface area contributed by atoms with Crippen molar-refractivity contribution in [1.29, 1.82) is 0 Å². The van der Waals surface area contributed by atoms with E-state index in [0.717, 1.165) is 85.9 Å². The van der Waals surface area contributed by atoms with Crippen molar-refractivity contribution >= 4 is 59.7 Å². The quantitative estimate of drug-likeness (QED) is 0.00827. The zero-order chi connectivity index (χ0) is 94.0. The molecule has 0 aliphatic heterocycles. The van der Waals surface area contributed by atoms with Crippen LogP contribution in [0.5, 0.6) is 23.0 Å². The largest absolute Gasteiger partial charge is 0.534 e. The van der Waals surface area contributed by atoms with Crippen molar-refractivity contribution in [3.63, 3.8) is 0 Å². The SMILES string of the molecule is Cc1cc([S+](c2ccccc2)c2ccccc2)cc(C)c1OCC(=O)OCCC(F)(F)F.Cc1cc([S+](c2ccccc2)c2ccccc2)cc(C)c1OCCCC(F)(F)CC(F)(F)C(F)(F)F.Cc1cc([S+](c2ccccc2)c2ccccc2)cc(C)c1OCOC1C2CC3CC(C2)CC1C3.Cc1cc([S+](c2ccccc2)c2ccccc2)cc(C)c1OS(=O)(=O)C(F)(F)F. The molecule has 0 saturated heterocycles. The highest BCUT2D eigenvalue weighted by Gasteiger charge is 2.61. The molecule has 0 N–H and O–H groups in total. The van der Waals surface area contributed by atoms with Gasteiger partial charge in [-0.1, -0.05) is 146 Å². The van der Waals surface area contributed by atoms with E-state index < -0.39 is 100 Å². The first-order chi connectivity index (χ1) is 62.3. The highest BCUT2D eigenvalue weighted by molar-refractivity contribution is 7.98. The Morgan fingerprint density at radius 3 is 0.893 bits per heavy atom. The Morgan fingerprint density at radius 2 is 0.618 bits per heavy atom. The molecule has 4 saturated carbocycles. The normalized spacial score (nSPS) is 16.1. The Morgan fingerprint density at radius 1 is 0.344 bits per heavy atom. The smallest absolute Gasteiger partial charge is 0.493 e. The number of hydrogen-bond acceptors (Lipinski definition) is 9. The number of aryl methyl sites for hydroxylation is 8. The van der Waals surface area contributed by atoms with Gasteiger partial charge in [0.25, 0.3) is 5.92 Å². The van der Waals surface area contributed by atoms with Gasteiger partial charge in [0.1, 0.15) is 29.6 Å². The van der Waals surface area contributed by atoms with Crippen molar-refractivity contribution in [2.24, 2.45) is 23.7 Å². The van der Waals surface area contributed by atoms with E-state index in [4.69, 9.17) is 18.9 Å². The number of ether oxygens (including phenoxy) is 5. The van der Waals surface area contributed by atoms with E-state index in [0.29, 0.717) is 35.5 Å². The van der Waals surface area contributed by atoms with Crippen LogP contribution in [0.3, 0.4) is 0 Å². The molecule has 4 fully saturated rings. The monoisotopic (exact) mass is 1900 g/mol. The van der Waals surface area contributed by atoms with Gasteiger partial charge in [-0.15, -0.1) is 0 Å². The second kappa shape index (κ2) is 44.5. The fourth-order valence-corrected chi connectivity index (χ4v) is 26.6. The lowest BCUT2D eigenvalue weighted by atomic mass is 9.55. The molecule has 9 nitrogen and oxygen atoms in total. The molecule has 0 atom stereocenters. The van der Waals surface area contributed by atoms with Crippen LogP contribution in [-0.2, 0) is 68.0 Å². The van der Waals surface area contributed by atoms with E-state index in [1.807, 2.05) is 210 Å². The molecule has 4 bridgehead atoms. The number of esters is 1. The molecule has 27 heteroatoms. The summed E-state index contributed by atoms with van der Waals surface area (Å²) in [7, 11) is -7.10. The van der Waals surface area contributed by atoms with Crippen LogP contribution in [-0.4, -0.2) is 76.8 Å². The number of carbonyl (C=O) groups excluding carboxylic acids is 1. The van der Waals surface area contributed by atoms with Crippen LogP contribution in [0.25, 0.3) is 0 Å². The predicted molar refractivity (Wildman–Crippen MR) is 489 cm³/mol. The Bertz CT molecular complexity index is 5560. The maximum absolute atomic E-state index is 13.8. The zero-order valence-electron chi connectivity index (χ0n) is 73.4. The number of halogens is 13. The van der Waals surface area contributed by atoms with Gasteiger partial charge in [-0.3, -0.25) is 0 Å². The standard InChI is InChI=1S/C31H35O2S.C27H26F7OS.C25H24F3O3S.C21H18F3O3S2/c1-21-13-29(34(27-9-5-3-6-10-27)28-11-7-4-8-12-28)14-22(2)30(21)32-20-33-31-25-16-23-15-24(18-25)19-26(31)17-23;1-19-16-23(36(21-10-5-3-6-11-21)22-12-7-4-8-13-22)17-20(2)24(19)35-15-9-14-25(28,29)18-26(30,31)27(32,33)34;1-18-15-22(32(20-9-5-3-6-10-20)21-11-7-4-8-12-21)16-19(2)24(18)31-17-23(29)30-14-13-25(26,27)28;1-15-13-19(14-16(2)20(15)27-29(25,26)21(22,23)24)28(17-9-5-3-6-10-17)18-11-7-4-8-12-18/h3-14,23-26,31H,15-20H2,1-2H3;3-8,10-13,16-17H,9,14-15,18H2,1-2H3;3-12,15-16H,13-14,17H2,1-2H3;3-14H,1-2H3/q4*+1. The minimum absolute atomic E-state index is 0.142. The van der Waals surface area contributed by atoms with Crippen molar-refractivity contribution in [3.05, 3.63) is 336 Å². The molecule has 0 radical (unpaired) electrons. The highest BCUT2D eigenvalue weighted by atomic mass is 32.2. The van der Waals surface area contributed by atoms with E-state index in [1.165, 1.54) is 81.6 Å². The van der Waals surface area contributed by atoms with Crippen LogP contribution in [0.2, 0.25) is 0 Å². The molecule has 4 aliphatic carbocycles. The summed E-state index contributed by atoms with van der Waals surface area (Å²) in [6.45, 7) is 13.8. The van der Waals surface area contributed by atoms with E-state index in [-0.39, 0.29) is 40.6 Å². The number of rotatable bonds is 30. The maximum atomic E-state index is 13.8. The average Bonchev–Trinajstić information content (AvgIpc) is 0.761. The summed E-state index contributed by atoms with van der Waals surface area (Å²) in [5.41, 5.74) is 0.743. The molecule has 0 spiro atoms. The van der Waals surface area contributed by atoms with E-state index in [2.05, 4.69) is 120 Å². The van der Waals surface area contributed by atoms with Crippen LogP contribution in [0.4, 0.5) is 57.1 Å². The zero-order valence-corrected chi connectivity index (χ0v) is 77.5. The Kier molecular flexibility index (Phi) is 33.9. The van der Waals surface area contributed by atoms with E-state index in [1.54, 1.807) is 12.1 Å². The average molecular weight is 1900 g/mol. The lowest BCUT2D eigenvalue weighted by Gasteiger charge is -2.53. The molecule has 690 valence electrons. The molecule has 0 aromatic heterocycles. The molecule has 0 amide bonds. The van der Waals surface area contributed by atoms with Crippen LogP contribution in [0.1, 0.15) is 102 Å². The second-order valence-corrected chi connectivity index (χ2v) is 42.3. The van der Waals surface area contributed by atoms with Crippen molar-refractivity contribution in [2.45, 2.75) is 208 Å². The summed E-state index contributed by atoms with van der Waals surface area (Å²) >= 11 is 0. The van der Waals surface area contributed by atoms with E-state index in [9.17, 15) is 70.3 Å². The molecule has 0 unspecified atom stereocenters. The highest BCUT2D eigenvalue weighted by Crippen LogP contribution is 2.55. The van der Waals surface area contributed by atoms with Crippen molar-refractivity contribution in [2.75, 3.05) is 26.6 Å². The number of benzene rings is 12. The van der Waals surface area contributed by atoms with Gasteiger partial charge in [-0.05, 0) is 259 Å². The van der Waals surface area contributed by atoms with Gasteiger partial charge in [-0.2, -0.15) is 56.7 Å². The molecular weight excluding hydrogens is 1800 g/mol. The van der Waals surface area contributed by atoms with Crippen LogP contribution in [0.15, 0.2) is 350 Å². The summed E-state index contributed by atoms with van der Waals surface area (Å²) in [5.74, 6) is -5.26. The Labute approximate surface area is 769 Å². The third-order valence-electron chi connectivity index (χ3n) is 22.4. The number of hydrogen-bond donors (Lipinski definition) is 0. The summed E-state index contributed by atoms with van der Waals surface area (Å²) in [6.07, 6.45) is -8.22. The van der Waals surface area contributed by atoms with Crippen LogP contribution >= 0.6 is 0 Å². The fourth-order valence-electron chi connectivity index (χ4n) is 17.0. The van der Waals surface area contributed by atoms with Crippen molar-refractivity contribution < 1.29 is 98.2 Å². The molecular formula is C104H103F13O9S5+4. The first-order valence-corrected chi connectivity index (χ1v) is 49.0. The summed E-state index contributed by atoms with van der Waals surface area (Å²) in [6, 6.07) is 97.5. The van der Waals surface area contributed by atoms with Crippen molar-refractivity contribution in [3.8, 4) is 23.0 Å². The topological polar surface area (TPSA) is 107 Å². The van der Waals surface area contributed by atoms with Crippen LogP contribution in [0, 0.1) is 79.1 Å². The third kappa shape index (κ3) is 26.8. The maximum Gasteiger partial charge on any atom is 0.534 e. The molecule has 131 heavy (non-hydrogen) atoms. The minimum atomic E-state index is -6.01. The second-order valence-electron chi connectivity index (χ2n) is 32.6. The van der Waals surface area contributed by atoms with Gasteiger partial charge >= 0.3 is 39.9 Å². The third-order valence-corrected chi connectivity index (χ3v) is 32.1. The van der Waals surface area contributed by atoms with Gasteiger partial charge in [0.15, 0.2) is 72.1 Å². The summed E-state index contributed by atoms with van der Waals surface area (Å²) in [4.78, 5) is 25.4. The van der Waals surface area contributed by atoms with Gasteiger partial charge in [0.2, 0.25) is 0 Å². The molecule has 12 aromatic carbocycles. The predicted octanol–water partition coefficient (Wildman–Crippen LogP) is 28.3. The lowest BCUT2D eigenvalue weighted by Crippen LogP contribution is -2.49.